The van der Waals surface area contributed by atoms with Gasteiger partial charge in [-0.05, 0) is 31.4 Å². The van der Waals surface area contributed by atoms with Crippen molar-refractivity contribution in [3.8, 4) is 0 Å². The van der Waals surface area contributed by atoms with E-state index in [1.54, 1.807) is 0 Å². The van der Waals surface area contributed by atoms with Crippen molar-refractivity contribution < 1.29 is 13.6 Å². The Balaban J connectivity index is 2.75. The summed E-state index contributed by atoms with van der Waals surface area (Å²) in [6, 6.07) is 7.27. The van der Waals surface area contributed by atoms with E-state index in [1.165, 1.54) is 6.92 Å². The molecule has 0 radical (unpaired) electrons. The van der Waals surface area contributed by atoms with Crippen molar-refractivity contribution in [1.82, 2.24) is 0 Å². The summed E-state index contributed by atoms with van der Waals surface area (Å²) in [6.07, 6.45) is 0.459. The molecule has 0 saturated carbocycles. The number of benzene rings is 1. The predicted molar refractivity (Wildman–Crippen MR) is 59.8 cm³/mol. The molecule has 0 aromatic heterocycles. The monoisotopic (exact) mass is 226 g/mol. The third kappa shape index (κ3) is 4.51. The second-order valence-electron chi connectivity index (χ2n) is 4.22. The number of carbonyl (C=O) groups excluding carboxylic acids is 1. The normalized spacial score (nSPS) is 11.5. The number of halogens is 2. The minimum Gasteiger partial charge on any atom is -0.300 e. The van der Waals surface area contributed by atoms with Crippen LogP contribution in [0.4, 0.5) is 8.78 Å². The van der Waals surface area contributed by atoms with Crippen LogP contribution in [0.3, 0.4) is 0 Å². The lowest BCUT2D eigenvalue weighted by Crippen LogP contribution is -2.12. The van der Waals surface area contributed by atoms with Gasteiger partial charge in [-0.25, -0.2) is 8.78 Å². The molecular formula is C13H16F2O. The molecule has 0 heterocycles. The zero-order chi connectivity index (χ0) is 12.2. The quantitative estimate of drug-likeness (QED) is 0.752. The van der Waals surface area contributed by atoms with Gasteiger partial charge in [-0.15, -0.1) is 0 Å². The van der Waals surface area contributed by atoms with Gasteiger partial charge in [-0.2, -0.15) is 0 Å². The fraction of sp³-hybridized carbons (Fsp3) is 0.462. The fourth-order valence-electron chi connectivity index (χ4n) is 1.60. The fourth-order valence-corrected chi connectivity index (χ4v) is 1.60. The zero-order valence-electron chi connectivity index (χ0n) is 9.59. The lowest BCUT2D eigenvalue weighted by molar-refractivity contribution is -0.116. The molecule has 1 rings (SSSR count). The molecule has 1 aromatic carbocycles. The highest BCUT2D eigenvalue weighted by atomic mass is 19.3. The summed E-state index contributed by atoms with van der Waals surface area (Å²) in [7, 11) is 0. The molecule has 3 heteroatoms. The van der Waals surface area contributed by atoms with E-state index in [0.29, 0.717) is 12.8 Å². The molecule has 1 aromatic rings. The molecule has 0 aliphatic heterocycles. The van der Waals surface area contributed by atoms with E-state index in [9.17, 15) is 13.6 Å². The Morgan fingerprint density at radius 2 is 1.81 bits per heavy atom. The number of Topliss-reactive ketones (excluding diaryl/α,β-unsaturated/α-hetero) is 1. The topological polar surface area (TPSA) is 17.1 Å². The van der Waals surface area contributed by atoms with Crippen molar-refractivity contribution in [3.63, 3.8) is 0 Å². The van der Waals surface area contributed by atoms with Crippen LogP contribution in [0, 0.1) is 0 Å². The van der Waals surface area contributed by atoms with Crippen molar-refractivity contribution in [1.29, 1.82) is 0 Å². The summed E-state index contributed by atoms with van der Waals surface area (Å²) < 4.78 is 25.5. The van der Waals surface area contributed by atoms with Crippen LogP contribution in [0.25, 0.3) is 0 Å². The standard InChI is InChI=1S/C13H16F2O/c1-10(16)9-12-6-4-3-5-11(12)7-8-13(2,14)15/h3-6H,7-9H2,1-2H3. The second-order valence-corrected chi connectivity index (χ2v) is 4.22. The molecule has 0 bridgehead atoms. The van der Waals surface area contributed by atoms with Gasteiger partial charge < -0.3 is 0 Å². The predicted octanol–water partition coefficient (Wildman–Crippen LogP) is 3.41. The lowest BCUT2D eigenvalue weighted by atomic mass is 9.98. The van der Waals surface area contributed by atoms with Crippen LogP contribution >= 0.6 is 0 Å². The van der Waals surface area contributed by atoms with Crippen molar-refractivity contribution in [3.05, 3.63) is 35.4 Å². The largest absolute Gasteiger partial charge is 0.300 e. The maximum absolute atomic E-state index is 12.7. The van der Waals surface area contributed by atoms with Crippen LogP contribution in [-0.2, 0) is 17.6 Å². The first kappa shape index (κ1) is 12.8. The third-order valence-corrected chi connectivity index (χ3v) is 2.39. The van der Waals surface area contributed by atoms with E-state index in [-0.39, 0.29) is 12.2 Å². The zero-order valence-corrected chi connectivity index (χ0v) is 9.59. The molecule has 0 aliphatic carbocycles. The molecule has 0 atom stereocenters. The van der Waals surface area contributed by atoms with Gasteiger partial charge in [0.2, 0.25) is 5.92 Å². The van der Waals surface area contributed by atoms with E-state index in [2.05, 4.69) is 0 Å². The molecule has 88 valence electrons. The Bertz CT molecular complexity index is 366. The first-order valence-electron chi connectivity index (χ1n) is 5.32. The van der Waals surface area contributed by atoms with Crippen molar-refractivity contribution in [2.24, 2.45) is 0 Å². The molecule has 1 nitrogen and oxygen atoms in total. The summed E-state index contributed by atoms with van der Waals surface area (Å²) in [5.74, 6) is -2.60. The smallest absolute Gasteiger partial charge is 0.245 e. The molecule has 0 saturated heterocycles. The Hall–Kier alpha value is -1.25. The number of hydrogen-bond donors (Lipinski definition) is 0. The SMILES string of the molecule is CC(=O)Cc1ccccc1CCC(C)(F)F. The van der Waals surface area contributed by atoms with Crippen LogP contribution < -0.4 is 0 Å². The second kappa shape index (κ2) is 5.19. The van der Waals surface area contributed by atoms with Gasteiger partial charge in [0.25, 0.3) is 0 Å². The third-order valence-electron chi connectivity index (χ3n) is 2.39. The maximum atomic E-state index is 12.7. The van der Waals surface area contributed by atoms with Gasteiger partial charge in [0.1, 0.15) is 5.78 Å². The summed E-state index contributed by atoms with van der Waals surface area (Å²) in [6.45, 7) is 2.42. The number of alkyl halides is 2. The van der Waals surface area contributed by atoms with E-state index < -0.39 is 5.92 Å². The number of hydrogen-bond acceptors (Lipinski definition) is 1. The van der Waals surface area contributed by atoms with E-state index in [4.69, 9.17) is 0 Å². The van der Waals surface area contributed by atoms with Gasteiger partial charge in [-0.3, -0.25) is 4.79 Å². The number of ketones is 1. The Labute approximate surface area is 94.5 Å². The molecule has 0 unspecified atom stereocenters. The van der Waals surface area contributed by atoms with Gasteiger partial charge >= 0.3 is 0 Å². The molecule has 0 aliphatic rings. The minimum absolute atomic E-state index is 0.0516. The van der Waals surface area contributed by atoms with E-state index >= 15 is 0 Å². The Morgan fingerprint density at radius 3 is 2.31 bits per heavy atom. The van der Waals surface area contributed by atoms with Crippen LogP contribution in [-0.4, -0.2) is 11.7 Å². The summed E-state index contributed by atoms with van der Waals surface area (Å²) in [4.78, 5) is 11.0. The van der Waals surface area contributed by atoms with Crippen LogP contribution in [0.1, 0.15) is 31.4 Å². The minimum atomic E-state index is -2.65. The van der Waals surface area contributed by atoms with Gasteiger partial charge in [0.15, 0.2) is 0 Å². The number of aryl methyl sites for hydroxylation is 1. The molecular weight excluding hydrogens is 210 g/mol. The van der Waals surface area contributed by atoms with Crippen molar-refractivity contribution in [2.75, 3.05) is 0 Å². The van der Waals surface area contributed by atoms with Crippen LogP contribution in [0.5, 0.6) is 0 Å². The molecule has 16 heavy (non-hydrogen) atoms. The maximum Gasteiger partial charge on any atom is 0.245 e. The first-order valence-corrected chi connectivity index (χ1v) is 5.32. The molecule has 0 N–H and O–H groups in total. The van der Waals surface area contributed by atoms with Gasteiger partial charge in [0, 0.05) is 12.8 Å². The summed E-state index contributed by atoms with van der Waals surface area (Å²) in [5, 5.41) is 0. The van der Waals surface area contributed by atoms with Gasteiger partial charge in [-0.1, -0.05) is 24.3 Å². The Morgan fingerprint density at radius 1 is 1.25 bits per heavy atom. The Kier molecular flexibility index (Phi) is 4.16. The molecule has 0 amide bonds. The highest BCUT2D eigenvalue weighted by Gasteiger charge is 2.21. The number of rotatable bonds is 5. The molecule has 0 spiro atoms. The van der Waals surface area contributed by atoms with Crippen molar-refractivity contribution >= 4 is 5.78 Å². The van der Waals surface area contributed by atoms with E-state index in [0.717, 1.165) is 18.1 Å². The number of carbonyl (C=O) groups is 1. The highest BCUT2D eigenvalue weighted by Crippen LogP contribution is 2.21. The van der Waals surface area contributed by atoms with E-state index in [1.807, 2.05) is 24.3 Å². The van der Waals surface area contributed by atoms with Crippen molar-refractivity contribution in [2.45, 2.75) is 39.0 Å². The average Bonchev–Trinajstić information content (AvgIpc) is 2.14. The highest BCUT2D eigenvalue weighted by molar-refractivity contribution is 5.78. The summed E-state index contributed by atoms with van der Waals surface area (Å²) >= 11 is 0. The van der Waals surface area contributed by atoms with Gasteiger partial charge in [0.05, 0.1) is 0 Å². The average molecular weight is 226 g/mol. The molecule has 0 fully saturated rings. The van der Waals surface area contributed by atoms with Crippen LogP contribution in [0.15, 0.2) is 24.3 Å². The summed E-state index contributed by atoms with van der Waals surface area (Å²) in [5.41, 5.74) is 1.71. The lowest BCUT2D eigenvalue weighted by Gasteiger charge is -2.12. The first-order chi connectivity index (χ1) is 7.38. The van der Waals surface area contributed by atoms with Crippen LogP contribution in [0.2, 0.25) is 0 Å².